The topological polar surface area (TPSA) is 61.5 Å². The van der Waals surface area contributed by atoms with E-state index in [1.165, 1.54) is 25.0 Å². The number of likely N-dealkylation sites (tertiary alicyclic amines) is 1. The second-order valence-electron chi connectivity index (χ2n) is 5.35. The molecule has 1 unspecified atom stereocenters. The van der Waals surface area contributed by atoms with Crippen molar-refractivity contribution < 1.29 is 9.63 Å². The molecule has 1 aromatic heterocycles. The lowest BCUT2D eigenvalue weighted by molar-refractivity contribution is -0.169. The van der Waals surface area contributed by atoms with Crippen LogP contribution in [-0.2, 0) is 9.63 Å². The van der Waals surface area contributed by atoms with Crippen LogP contribution < -0.4 is 0 Å². The number of hydroxylamine groups is 2. The first-order valence-electron chi connectivity index (χ1n) is 7.18. The summed E-state index contributed by atoms with van der Waals surface area (Å²) in [6.45, 7) is 3.80. The summed E-state index contributed by atoms with van der Waals surface area (Å²) < 4.78 is 0. The average molecular weight is 280 g/mol. The highest BCUT2D eigenvalue weighted by molar-refractivity contribution is 5.74. The van der Waals surface area contributed by atoms with Gasteiger partial charge in [0.05, 0.1) is 18.8 Å². The van der Waals surface area contributed by atoms with Gasteiger partial charge in [-0.25, -0.2) is 5.06 Å². The lowest BCUT2D eigenvalue weighted by atomic mass is 9.99. The maximum atomic E-state index is 11.8. The van der Waals surface area contributed by atoms with Crippen LogP contribution >= 0.6 is 0 Å². The predicted octanol–water partition coefficient (Wildman–Crippen LogP) is 1.66. The first-order chi connectivity index (χ1) is 9.61. The molecule has 1 N–H and O–H groups in total. The van der Waals surface area contributed by atoms with Crippen LogP contribution in [-0.4, -0.2) is 53.3 Å². The minimum atomic E-state index is 0.00929. The van der Waals surface area contributed by atoms with Crippen LogP contribution in [0.1, 0.15) is 43.1 Å². The van der Waals surface area contributed by atoms with Gasteiger partial charge in [0.1, 0.15) is 0 Å². The van der Waals surface area contributed by atoms with Crippen LogP contribution in [0.25, 0.3) is 0 Å². The van der Waals surface area contributed by atoms with E-state index < -0.39 is 0 Å². The Bertz CT molecular complexity index is 446. The largest absolute Gasteiger partial charge is 0.294 e. The summed E-state index contributed by atoms with van der Waals surface area (Å²) in [7, 11) is 3.15. The van der Waals surface area contributed by atoms with Crippen molar-refractivity contribution in [2.45, 2.75) is 38.6 Å². The summed E-state index contributed by atoms with van der Waals surface area (Å²) in [5.74, 6) is 0.00929. The lowest BCUT2D eigenvalue weighted by Gasteiger charge is -2.34. The number of rotatable bonds is 5. The number of amides is 1. The summed E-state index contributed by atoms with van der Waals surface area (Å²) in [6, 6.07) is 2.43. The van der Waals surface area contributed by atoms with Gasteiger partial charge in [0, 0.05) is 25.7 Å². The third kappa shape index (κ3) is 3.58. The molecule has 20 heavy (non-hydrogen) atoms. The molecule has 0 aromatic carbocycles. The SMILES string of the molecule is CON(C)C(=O)CCN1CCCCC1c1cc(C)[nH]n1. The fraction of sp³-hybridized carbons (Fsp3) is 0.714. The third-order valence-corrected chi connectivity index (χ3v) is 3.92. The number of piperidine rings is 1. The van der Waals surface area contributed by atoms with E-state index in [1.807, 2.05) is 6.92 Å². The van der Waals surface area contributed by atoms with Crippen molar-refractivity contribution in [2.75, 3.05) is 27.2 Å². The molecule has 1 atom stereocenters. The van der Waals surface area contributed by atoms with Gasteiger partial charge in [-0.1, -0.05) is 6.42 Å². The summed E-state index contributed by atoms with van der Waals surface area (Å²) in [4.78, 5) is 19.1. The quantitative estimate of drug-likeness (QED) is 0.833. The van der Waals surface area contributed by atoms with E-state index >= 15 is 0 Å². The van der Waals surface area contributed by atoms with E-state index in [-0.39, 0.29) is 5.91 Å². The summed E-state index contributed by atoms with van der Waals surface area (Å²) in [6.07, 6.45) is 4.00. The van der Waals surface area contributed by atoms with E-state index in [0.29, 0.717) is 12.5 Å². The Morgan fingerprint density at radius 2 is 2.40 bits per heavy atom. The molecule has 1 fully saturated rings. The average Bonchev–Trinajstić information content (AvgIpc) is 2.90. The molecule has 1 aromatic rings. The molecule has 0 bridgehead atoms. The summed E-state index contributed by atoms with van der Waals surface area (Å²) in [5.41, 5.74) is 2.18. The molecule has 0 saturated carbocycles. The smallest absolute Gasteiger partial charge is 0.247 e. The minimum absolute atomic E-state index is 0.00929. The monoisotopic (exact) mass is 280 g/mol. The molecule has 6 nitrogen and oxygen atoms in total. The Balaban J connectivity index is 1.95. The fourth-order valence-corrected chi connectivity index (χ4v) is 2.70. The number of nitrogens with zero attached hydrogens (tertiary/aromatic N) is 3. The highest BCUT2D eigenvalue weighted by Crippen LogP contribution is 2.30. The van der Waals surface area contributed by atoms with Gasteiger partial charge in [-0.15, -0.1) is 0 Å². The maximum Gasteiger partial charge on any atom is 0.247 e. The van der Waals surface area contributed by atoms with Crippen LogP contribution in [0.15, 0.2) is 6.07 Å². The van der Waals surface area contributed by atoms with Crippen LogP contribution in [0.5, 0.6) is 0 Å². The number of carbonyl (C=O) groups is 1. The summed E-state index contributed by atoms with van der Waals surface area (Å²) in [5, 5.41) is 8.68. The number of hydrogen-bond acceptors (Lipinski definition) is 4. The first-order valence-corrected chi connectivity index (χ1v) is 7.18. The molecule has 0 spiro atoms. The Hall–Kier alpha value is -1.40. The van der Waals surface area contributed by atoms with Gasteiger partial charge in [-0.2, -0.15) is 5.10 Å². The molecule has 0 aliphatic carbocycles. The molecule has 1 aliphatic rings. The second-order valence-corrected chi connectivity index (χ2v) is 5.35. The zero-order chi connectivity index (χ0) is 14.5. The number of aryl methyl sites for hydroxylation is 1. The van der Waals surface area contributed by atoms with Crippen LogP contribution in [0.4, 0.5) is 0 Å². The van der Waals surface area contributed by atoms with Gasteiger partial charge in [0.2, 0.25) is 5.91 Å². The molecular weight excluding hydrogens is 256 g/mol. The molecule has 2 rings (SSSR count). The second kappa shape index (κ2) is 6.85. The fourth-order valence-electron chi connectivity index (χ4n) is 2.70. The molecule has 1 amide bonds. The number of aromatic nitrogens is 2. The summed E-state index contributed by atoms with van der Waals surface area (Å²) >= 11 is 0. The number of aromatic amines is 1. The van der Waals surface area contributed by atoms with Crippen LogP contribution in [0.3, 0.4) is 0 Å². The van der Waals surface area contributed by atoms with Crippen molar-refractivity contribution in [1.29, 1.82) is 0 Å². The molecule has 2 heterocycles. The van der Waals surface area contributed by atoms with Crippen molar-refractivity contribution in [3.8, 4) is 0 Å². The normalized spacial score (nSPS) is 20.1. The van der Waals surface area contributed by atoms with Crippen molar-refractivity contribution in [3.05, 3.63) is 17.5 Å². The standard InChI is InChI=1S/C14H24N4O2/c1-11-10-12(16-15-11)13-6-4-5-8-18(13)9-7-14(19)17(2)20-3/h10,13H,4-9H2,1-3H3,(H,15,16). The highest BCUT2D eigenvalue weighted by atomic mass is 16.7. The van der Waals surface area contributed by atoms with Gasteiger partial charge in [0.25, 0.3) is 0 Å². The zero-order valence-electron chi connectivity index (χ0n) is 12.6. The Labute approximate surface area is 120 Å². The van der Waals surface area contributed by atoms with Crippen LogP contribution in [0.2, 0.25) is 0 Å². The van der Waals surface area contributed by atoms with Crippen molar-refractivity contribution in [3.63, 3.8) is 0 Å². The van der Waals surface area contributed by atoms with Crippen LogP contribution in [0, 0.1) is 6.92 Å². The van der Waals surface area contributed by atoms with Gasteiger partial charge < -0.3 is 0 Å². The minimum Gasteiger partial charge on any atom is -0.294 e. The molecule has 1 aliphatic heterocycles. The van der Waals surface area contributed by atoms with E-state index in [9.17, 15) is 4.79 Å². The Kier molecular flexibility index (Phi) is 5.14. The third-order valence-electron chi connectivity index (χ3n) is 3.92. The molecular formula is C14H24N4O2. The first kappa shape index (κ1) is 15.0. The van der Waals surface area contributed by atoms with Gasteiger partial charge >= 0.3 is 0 Å². The Morgan fingerprint density at radius 3 is 3.05 bits per heavy atom. The molecule has 6 heteroatoms. The molecule has 1 saturated heterocycles. The van der Waals surface area contributed by atoms with E-state index in [2.05, 4.69) is 21.2 Å². The maximum absolute atomic E-state index is 11.8. The Morgan fingerprint density at radius 1 is 1.60 bits per heavy atom. The lowest BCUT2D eigenvalue weighted by Crippen LogP contribution is -2.37. The number of carbonyl (C=O) groups excluding carboxylic acids is 1. The highest BCUT2D eigenvalue weighted by Gasteiger charge is 2.26. The number of hydrogen-bond donors (Lipinski definition) is 1. The molecule has 112 valence electrons. The van der Waals surface area contributed by atoms with E-state index in [1.54, 1.807) is 7.05 Å². The number of nitrogens with one attached hydrogen (secondary N) is 1. The van der Waals surface area contributed by atoms with Crippen molar-refractivity contribution in [2.24, 2.45) is 0 Å². The van der Waals surface area contributed by atoms with E-state index in [4.69, 9.17) is 4.84 Å². The van der Waals surface area contributed by atoms with Gasteiger partial charge in [-0.3, -0.25) is 19.6 Å². The van der Waals surface area contributed by atoms with E-state index in [0.717, 1.165) is 30.9 Å². The number of H-pyrrole nitrogens is 1. The van der Waals surface area contributed by atoms with Crippen molar-refractivity contribution >= 4 is 5.91 Å². The predicted molar refractivity (Wildman–Crippen MR) is 75.9 cm³/mol. The van der Waals surface area contributed by atoms with Gasteiger partial charge in [0.15, 0.2) is 0 Å². The zero-order valence-corrected chi connectivity index (χ0v) is 12.6. The van der Waals surface area contributed by atoms with Crippen molar-refractivity contribution in [1.82, 2.24) is 20.2 Å². The molecule has 0 radical (unpaired) electrons. The van der Waals surface area contributed by atoms with Gasteiger partial charge in [-0.05, 0) is 32.4 Å².